The number of nitriles is 1. The molecule has 0 aromatic carbocycles. The van der Waals surface area contributed by atoms with E-state index in [1.54, 1.807) is 12.2 Å². The van der Waals surface area contributed by atoms with E-state index in [1.165, 1.54) is 0 Å². The first-order valence-corrected chi connectivity index (χ1v) is 3.63. The Morgan fingerprint density at radius 3 is 2.50 bits per heavy atom. The minimum atomic E-state index is 0.430. The van der Waals surface area contributed by atoms with Gasteiger partial charge in [-0.05, 0) is 23.9 Å². The van der Waals surface area contributed by atoms with E-state index >= 15 is 0 Å². The SMILES string of the molecule is C=C(Cl)/C=C\C(=C)SC#N. The third-order valence-electron chi connectivity index (χ3n) is 0.627. The molecule has 0 bridgehead atoms. The number of nitrogens with zero attached hydrogens (tertiary/aromatic N) is 1. The Hall–Kier alpha value is -0.650. The van der Waals surface area contributed by atoms with Crippen LogP contribution in [0.5, 0.6) is 0 Å². The second-order valence-corrected chi connectivity index (χ2v) is 2.84. The number of hydrogen-bond acceptors (Lipinski definition) is 2. The molecule has 0 saturated heterocycles. The predicted octanol–water partition coefficient (Wildman–Crippen LogP) is 3.02. The van der Waals surface area contributed by atoms with E-state index in [2.05, 4.69) is 13.2 Å². The zero-order valence-electron chi connectivity index (χ0n) is 5.30. The molecular formula is C7H6ClNS. The summed E-state index contributed by atoms with van der Waals surface area (Å²) in [5.74, 6) is 0. The molecule has 0 aromatic heterocycles. The lowest BCUT2D eigenvalue weighted by Crippen LogP contribution is -1.62. The minimum absolute atomic E-state index is 0.430. The van der Waals surface area contributed by atoms with Crippen molar-refractivity contribution in [3.05, 3.63) is 35.2 Å². The zero-order chi connectivity index (χ0) is 7.98. The fourth-order valence-electron chi connectivity index (χ4n) is 0.276. The number of thiocyanates is 1. The fourth-order valence-corrected chi connectivity index (χ4v) is 0.592. The lowest BCUT2D eigenvalue weighted by atomic mass is 10.5. The standard InChI is InChI=1S/C7H6ClNS/c1-6(8)3-4-7(2)10-5-9/h3-4H,1-2H2/b4-3-. The van der Waals surface area contributed by atoms with Crippen molar-refractivity contribution in [2.24, 2.45) is 0 Å². The van der Waals surface area contributed by atoms with E-state index in [1.807, 2.05) is 5.40 Å². The van der Waals surface area contributed by atoms with E-state index in [-0.39, 0.29) is 0 Å². The molecule has 0 fully saturated rings. The summed E-state index contributed by atoms with van der Waals surface area (Å²) in [5, 5.41) is 10.5. The zero-order valence-corrected chi connectivity index (χ0v) is 6.87. The Morgan fingerprint density at radius 2 is 2.10 bits per heavy atom. The monoisotopic (exact) mass is 171 g/mol. The van der Waals surface area contributed by atoms with Gasteiger partial charge in [-0.25, -0.2) is 0 Å². The van der Waals surface area contributed by atoms with Crippen LogP contribution in [0.15, 0.2) is 35.2 Å². The molecule has 0 spiro atoms. The highest BCUT2D eigenvalue weighted by molar-refractivity contribution is 8.07. The lowest BCUT2D eigenvalue weighted by Gasteiger charge is -1.86. The first-order chi connectivity index (χ1) is 4.66. The van der Waals surface area contributed by atoms with Crippen LogP contribution in [0.25, 0.3) is 0 Å². The van der Waals surface area contributed by atoms with Crippen LogP contribution >= 0.6 is 23.4 Å². The van der Waals surface area contributed by atoms with Crippen LogP contribution in [0.2, 0.25) is 0 Å². The summed E-state index contributed by atoms with van der Waals surface area (Å²) in [5.41, 5.74) is 0. The highest BCUT2D eigenvalue weighted by Gasteiger charge is 1.85. The van der Waals surface area contributed by atoms with Crippen molar-refractivity contribution in [1.29, 1.82) is 5.26 Å². The van der Waals surface area contributed by atoms with Gasteiger partial charge in [0, 0.05) is 9.94 Å². The van der Waals surface area contributed by atoms with E-state index in [4.69, 9.17) is 16.9 Å². The van der Waals surface area contributed by atoms with Gasteiger partial charge in [-0.2, -0.15) is 5.26 Å². The van der Waals surface area contributed by atoms with Gasteiger partial charge in [0.05, 0.1) is 0 Å². The van der Waals surface area contributed by atoms with Crippen LogP contribution in [0.1, 0.15) is 0 Å². The molecule has 10 heavy (non-hydrogen) atoms. The van der Waals surface area contributed by atoms with Crippen molar-refractivity contribution < 1.29 is 0 Å². The van der Waals surface area contributed by atoms with Crippen molar-refractivity contribution in [2.45, 2.75) is 0 Å². The van der Waals surface area contributed by atoms with Gasteiger partial charge in [0.2, 0.25) is 0 Å². The number of rotatable bonds is 3. The number of thioether (sulfide) groups is 1. The van der Waals surface area contributed by atoms with Crippen molar-refractivity contribution >= 4 is 23.4 Å². The van der Waals surface area contributed by atoms with E-state index in [9.17, 15) is 0 Å². The summed E-state index contributed by atoms with van der Waals surface area (Å²) in [4.78, 5) is 0.657. The van der Waals surface area contributed by atoms with E-state index in [0.29, 0.717) is 9.94 Å². The van der Waals surface area contributed by atoms with Gasteiger partial charge in [0.1, 0.15) is 5.40 Å². The molecule has 0 atom stereocenters. The Labute approximate surface area is 69.7 Å². The molecule has 0 heterocycles. The quantitative estimate of drug-likeness (QED) is 0.482. The first-order valence-electron chi connectivity index (χ1n) is 2.44. The molecule has 0 aliphatic heterocycles. The van der Waals surface area contributed by atoms with Crippen molar-refractivity contribution in [1.82, 2.24) is 0 Å². The summed E-state index contributed by atoms with van der Waals surface area (Å²) in [6.45, 7) is 7.00. The maximum atomic E-state index is 8.16. The topological polar surface area (TPSA) is 23.8 Å². The van der Waals surface area contributed by atoms with Gasteiger partial charge in [0.15, 0.2) is 0 Å². The third-order valence-corrected chi connectivity index (χ3v) is 1.24. The molecule has 52 valence electrons. The van der Waals surface area contributed by atoms with Crippen LogP contribution in [0.3, 0.4) is 0 Å². The fraction of sp³-hybridized carbons (Fsp3) is 0. The number of allylic oxidation sites excluding steroid dienone is 3. The first kappa shape index (κ1) is 9.35. The van der Waals surface area contributed by atoms with Crippen LogP contribution in [-0.2, 0) is 0 Å². The second-order valence-electron chi connectivity index (χ2n) is 1.44. The number of hydrogen-bond donors (Lipinski definition) is 0. The third kappa shape index (κ3) is 5.49. The van der Waals surface area contributed by atoms with Crippen molar-refractivity contribution in [3.63, 3.8) is 0 Å². The average Bonchev–Trinajstić information content (AvgIpc) is 1.85. The molecule has 0 radical (unpaired) electrons. The Bertz CT molecular complexity index is 212. The highest BCUT2D eigenvalue weighted by atomic mass is 35.5. The van der Waals surface area contributed by atoms with E-state index < -0.39 is 0 Å². The second kappa shape index (κ2) is 5.16. The molecule has 0 saturated carbocycles. The molecule has 0 aromatic rings. The molecule has 0 amide bonds. The Kier molecular flexibility index (Phi) is 4.82. The minimum Gasteiger partial charge on any atom is -0.185 e. The highest BCUT2D eigenvalue weighted by Crippen LogP contribution is 2.13. The van der Waals surface area contributed by atoms with Gasteiger partial charge < -0.3 is 0 Å². The van der Waals surface area contributed by atoms with Gasteiger partial charge in [-0.15, -0.1) is 0 Å². The molecule has 0 rings (SSSR count). The Balaban J connectivity index is 3.81. The van der Waals surface area contributed by atoms with Gasteiger partial charge in [-0.1, -0.05) is 24.8 Å². The van der Waals surface area contributed by atoms with Gasteiger partial charge in [-0.3, -0.25) is 0 Å². The molecular weight excluding hydrogens is 166 g/mol. The summed E-state index contributed by atoms with van der Waals surface area (Å²) in [6, 6.07) is 0. The summed E-state index contributed by atoms with van der Waals surface area (Å²) < 4.78 is 0. The van der Waals surface area contributed by atoms with Gasteiger partial charge in [0.25, 0.3) is 0 Å². The molecule has 1 nitrogen and oxygen atoms in total. The molecule has 0 N–H and O–H groups in total. The van der Waals surface area contributed by atoms with Crippen LogP contribution < -0.4 is 0 Å². The molecule has 3 heteroatoms. The maximum absolute atomic E-state index is 8.16. The predicted molar refractivity (Wildman–Crippen MR) is 46.5 cm³/mol. The van der Waals surface area contributed by atoms with Crippen LogP contribution in [0.4, 0.5) is 0 Å². The normalized spacial score (nSPS) is 9.20. The smallest absolute Gasteiger partial charge is 0.138 e. The molecule has 0 aliphatic rings. The lowest BCUT2D eigenvalue weighted by molar-refractivity contribution is 1.57. The maximum Gasteiger partial charge on any atom is 0.138 e. The van der Waals surface area contributed by atoms with Gasteiger partial charge >= 0.3 is 0 Å². The largest absolute Gasteiger partial charge is 0.185 e. The van der Waals surface area contributed by atoms with E-state index in [0.717, 1.165) is 11.8 Å². The van der Waals surface area contributed by atoms with Crippen LogP contribution in [0, 0.1) is 10.7 Å². The average molecular weight is 172 g/mol. The summed E-state index contributed by atoms with van der Waals surface area (Å²) >= 11 is 6.41. The molecule has 0 aliphatic carbocycles. The molecule has 0 unspecified atom stereocenters. The summed E-state index contributed by atoms with van der Waals surface area (Å²) in [7, 11) is 0. The van der Waals surface area contributed by atoms with Crippen molar-refractivity contribution in [3.8, 4) is 5.40 Å². The van der Waals surface area contributed by atoms with Crippen molar-refractivity contribution in [2.75, 3.05) is 0 Å². The number of halogens is 1. The summed E-state index contributed by atoms with van der Waals surface area (Å²) in [6.07, 6.45) is 3.23. The Morgan fingerprint density at radius 1 is 1.50 bits per heavy atom. The van der Waals surface area contributed by atoms with Crippen LogP contribution in [-0.4, -0.2) is 0 Å².